The summed E-state index contributed by atoms with van der Waals surface area (Å²) in [6.45, 7) is 4.09. The first-order valence-corrected chi connectivity index (χ1v) is 9.21. The maximum Gasteiger partial charge on any atom is 0.223 e. The van der Waals surface area contributed by atoms with Gasteiger partial charge in [0.2, 0.25) is 5.95 Å². The highest BCUT2D eigenvalue weighted by atomic mass is 79.9. The lowest BCUT2D eigenvalue weighted by Crippen LogP contribution is -2.10. The number of hydrogen-bond acceptors (Lipinski definition) is 4. The van der Waals surface area contributed by atoms with Crippen LogP contribution in [-0.4, -0.2) is 19.4 Å². The predicted molar refractivity (Wildman–Crippen MR) is 107 cm³/mol. The quantitative estimate of drug-likeness (QED) is 0.514. The van der Waals surface area contributed by atoms with Crippen LogP contribution in [0.25, 0.3) is 17.0 Å². The highest BCUT2D eigenvalue weighted by Crippen LogP contribution is 2.30. The van der Waals surface area contributed by atoms with Gasteiger partial charge in [-0.2, -0.15) is 0 Å². The third kappa shape index (κ3) is 3.08. The molecule has 4 rings (SSSR count). The van der Waals surface area contributed by atoms with E-state index < -0.39 is 0 Å². The van der Waals surface area contributed by atoms with E-state index in [1.54, 1.807) is 6.20 Å². The zero-order chi connectivity index (χ0) is 18.1. The molecule has 1 atom stereocenters. The molecule has 3 heterocycles. The van der Waals surface area contributed by atoms with Crippen LogP contribution in [0.15, 0.2) is 65.4 Å². The summed E-state index contributed by atoms with van der Waals surface area (Å²) < 4.78 is 2.89. The molecule has 5 nitrogen and oxygen atoms in total. The zero-order valence-corrected chi connectivity index (χ0v) is 16.1. The first-order chi connectivity index (χ1) is 12.6. The van der Waals surface area contributed by atoms with Gasteiger partial charge in [-0.25, -0.2) is 15.0 Å². The second-order valence-corrected chi connectivity index (χ2v) is 7.00. The maximum absolute atomic E-state index is 4.76. The van der Waals surface area contributed by atoms with Gasteiger partial charge in [-0.3, -0.25) is 4.40 Å². The Hall–Kier alpha value is -2.73. The molecular formula is C20H18BrN5. The Labute approximate surface area is 160 Å². The Morgan fingerprint density at radius 2 is 1.81 bits per heavy atom. The summed E-state index contributed by atoms with van der Waals surface area (Å²) in [5.41, 5.74) is 4.80. The fourth-order valence-corrected chi connectivity index (χ4v) is 3.40. The fourth-order valence-electron chi connectivity index (χ4n) is 3.02. The summed E-state index contributed by atoms with van der Waals surface area (Å²) in [6, 6.07) is 16.3. The van der Waals surface area contributed by atoms with E-state index in [4.69, 9.17) is 4.98 Å². The molecule has 0 unspecified atom stereocenters. The number of anilines is 1. The van der Waals surface area contributed by atoms with E-state index in [-0.39, 0.29) is 6.04 Å². The smallest absolute Gasteiger partial charge is 0.223 e. The molecule has 0 aliphatic rings. The summed E-state index contributed by atoms with van der Waals surface area (Å²) in [4.78, 5) is 13.8. The van der Waals surface area contributed by atoms with Crippen molar-refractivity contribution < 1.29 is 0 Å². The average molecular weight is 408 g/mol. The Kier molecular flexibility index (Phi) is 4.42. The summed E-state index contributed by atoms with van der Waals surface area (Å²) >= 11 is 3.59. The number of halogens is 1. The Bertz CT molecular complexity index is 1060. The van der Waals surface area contributed by atoms with Crippen molar-refractivity contribution in [1.82, 2.24) is 19.4 Å². The summed E-state index contributed by atoms with van der Waals surface area (Å²) in [5.74, 6) is 0.588. The van der Waals surface area contributed by atoms with Crippen molar-refractivity contribution >= 4 is 27.5 Å². The normalized spacial score (nSPS) is 12.3. The minimum Gasteiger partial charge on any atom is -0.348 e. The van der Waals surface area contributed by atoms with Gasteiger partial charge >= 0.3 is 0 Å². The minimum atomic E-state index is 0.105. The van der Waals surface area contributed by atoms with Crippen molar-refractivity contribution in [3.63, 3.8) is 0 Å². The first kappa shape index (κ1) is 16.7. The standard InChI is InChI=1S/C20H18BrN5/c1-13(15-8-4-3-5-9-15)24-20-22-12-16(21)18(25-20)19-14(2)23-17-10-6-7-11-26(17)19/h3-13H,1-2H3,(H,22,24,25)/t13-/m0/s1. The molecular weight excluding hydrogens is 390 g/mol. The molecule has 1 aromatic carbocycles. The molecule has 0 radical (unpaired) electrons. The van der Waals surface area contributed by atoms with Crippen LogP contribution >= 0.6 is 15.9 Å². The summed E-state index contributed by atoms with van der Waals surface area (Å²) in [5, 5.41) is 3.38. The number of aryl methyl sites for hydroxylation is 1. The van der Waals surface area contributed by atoms with Crippen LogP contribution in [0.1, 0.15) is 24.2 Å². The fraction of sp³-hybridized carbons (Fsp3) is 0.150. The van der Waals surface area contributed by atoms with Gasteiger partial charge in [-0.05, 0) is 47.5 Å². The van der Waals surface area contributed by atoms with E-state index in [1.165, 1.54) is 5.56 Å². The predicted octanol–water partition coefficient (Wildman–Crippen LogP) is 5.04. The molecule has 6 heteroatoms. The second-order valence-electron chi connectivity index (χ2n) is 6.14. The molecule has 0 saturated heterocycles. The molecule has 0 amide bonds. The van der Waals surface area contributed by atoms with E-state index in [2.05, 4.69) is 50.3 Å². The largest absolute Gasteiger partial charge is 0.348 e. The van der Waals surface area contributed by atoms with Crippen LogP contribution in [-0.2, 0) is 0 Å². The second kappa shape index (κ2) is 6.88. The van der Waals surface area contributed by atoms with E-state index in [0.29, 0.717) is 5.95 Å². The van der Waals surface area contributed by atoms with Gasteiger partial charge in [0.05, 0.1) is 21.9 Å². The summed E-state index contributed by atoms with van der Waals surface area (Å²) in [7, 11) is 0. The Balaban J connectivity index is 1.74. The number of hydrogen-bond donors (Lipinski definition) is 1. The maximum atomic E-state index is 4.76. The van der Waals surface area contributed by atoms with Crippen molar-refractivity contribution in [3.8, 4) is 11.4 Å². The minimum absolute atomic E-state index is 0.105. The lowest BCUT2D eigenvalue weighted by Gasteiger charge is -2.15. The third-order valence-electron chi connectivity index (χ3n) is 4.32. The number of benzene rings is 1. The lowest BCUT2D eigenvalue weighted by atomic mass is 10.1. The van der Waals surface area contributed by atoms with Gasteiger partial charge in [0.25, 0.3) is 0 Å². The third-order valence-corrected chi connectivity index (χ3v) is 4.90. The van der Waals surface area contributed by atoms with E-state index >= 15 is 0 Å². The molecule has 0 aliphatic carbocycles. The highest BCUT2D eigenvalue weighted by molar-refractivity contribution is 9.10. The van der Waals surface area contributed by atoms with Gasteiger partial charge in [0.15, 0.2) is 0 Å². The molecule has 3 aromatic heterocycles. The number of nitrogens with zero attached hydrogens (tertiary/aromatic N) is 4. The monoisotopic (exact) mass is 407 g/mol. The molecule has 0 fully saturated rings. The Morgan fingerprint density at radius 1 is 1.04 bits per heavy atom. The molecule has 0 saturated carbocycles. The van der Waals surface area contributed by atoms with E-state index in [0.717, 1.165) is 27.2 Å². The van der Waals surface area contributed by atoms with Crippen molar-refractivity contribution in [2.45, 2.75) is 19.9 Å². The Morgan fingerprint density at radius 3 is 2.62 bits per heavy atom. The van der Waals surface area contributed by atoms with Crippen molar-refractivity contribution in [2.75, 3.05) is 5.32 Å². The van der Waals surface area contributed by atoms with E-state index in [9.17, 15) is 0 Å². The number of fused-ring (bicyclic) bond motifs is 1. The average Bonchev–Trinajstić information content (AvgIpc) is 2.99. The van der Waals surface area contributed by atoms with Gasteiger partial charge in [-0.1, -0.05) is 36.4 Å². The topological polar surface area (TPSA) is 55.1 Å². The lowest BCUT2D eigenvalue weighted by molar-refractivity contribution is 0.860. The van der Waals surface area contributed by atoms with Crippen LogP contribution in [0, 0.1) is 6.92 Å². The SMILES string of the molecule is Cc1nc2ccccn2c1-c1nc(N[C@@H](C)c2ccccc2)ncc1Br. The molecule has 1 N–H and O–H groups in total. The molecule has 0 bridgehead atoms. The van der Waals surface area contributed by atoms with Crippen LogP contribution in [0.4, 0.5) is 5.95 Å². The number of rotatable bonds is 4. The van der Waals surface area contributed by atoms with E-state index in [1.807, 2.05) is 53.9 Å². The van der Waals surface area contributed by atoms with Gasteiger partial charge in [-0.15, -0.1) is 0 Å². The summed E-state index contributed by atoms with van der Waals surface area (Å²) in [6.07, 6.45) is 3.78. The van der Waals surface area contributed by atoms with Crippen molar-refractivity contribution in [2.24, 2.45) is 0 Å². The zero-order valence-electron chi connectivity index (χ0n) is 14.5. The van der Waals surface area contributed by atoms with Crippen LogP contribution in [0.3, 0.4) is 0 Å². The number of imidazole rings is 1. The number of pyridine rings is 1. The van der Waals surface area contributed by atoms with Gasteiger partial charge < -0.3 is 5.32 Å². The molecule has 26 heavy (non-hydrogen) atoms. The van der Waals surface area contributed by atoms with Crippen molar-refractivity contribution in [3.05, 3.63) is 76.7 Å². The first-order valence-electron chi connectivity index (χ1n) is 8.41. The van der Waals surface area contributed by atoms with Crippen molar-refractivity contribution in [1.29, 1.82) is 0 Å². The van der Waals surface area contributed by atoms with Crippen LogP contribution in [0.5, 0.6) is 0 Å². The molecule has 130 valence electrons. The van der Waals surface area contributed by atoms with Crippen LogP contribution < -0.4 is 5.32 Å². The number of nitrogens with one attached hydrogen (secondary N) is 1. The molecule has 0 spiro atoms. The molecule has 0 aliphatic heterocycles. The van der Waals surface area contributed by atoms with Gasteiger partial charge in [0.1, 0.15) is 11.3 Å². The van der Waals surface area contributed by atoms with Crippen LogP contribution in [0.2, 0.25) is 0 Å². The number of aromatic nitrogens is 4. The highest BCUT2D eigenvalue weighted by Gasteiger charge is 2.17. The molecule has 4 aromatic rings. The van der Waals surface area contributed by atoms with Gasteiger partial charge in [0, 0.05) is 12.4 Å².